The summed E-state index contributed by atoms with van der Waals surface area (Å²) in [7, 11) is 0. The molecule has 0 saturated heterocycles. The molecule has 0 spiro atoms. The number of hydrogen-bond acceptors (Lipinski definition) is 3. The van der Waals surface area contributed by atoms with Gasteiger partial charge in [0.05, 0.1) is 12.2 Å². The second-order valence-corrected chi connectivity index (χ2v) is 4.60. The number of carbonyl (C=O) groups is 1. The number of carbonyl (C=O) groups excluding carboxylic acids is 1. The van der Waals surface area contributed by atoms with Crippen LogP contribution in [0.2, 0.25) is 0 Å². The van der Waals surface area contributed by atoms with Crippen LogP contribution in [0.5, 0.6) is 5.75 Å². The van der Waals surface area contributed by atoms with Crippen LogP contribution in [-0.2, 0) is 6.54 Å². The lowest BCUT2D eigenvalue weighted by Gasteiger charge is -2.22. The molecule has 0 aliphatic heterocycles. The second-order valence-electron chi connectivity index (χ2n) is 4.60. The molecule has 0 heterocycles. The summed E-state index contributed by atoms with van der Waals surface area (Å²) < 4.78 is 13.0. The maximum atomic E-state index is 13.0. The van der Waals surface area contributed by atoms with E-state index < -0.39 is 17.5 Å². The van der Waals surface area contributed by atoms with Crippen molar-refractivity contribution in [3.63, 3.8) is 0 Å². The molecule has 2 N–H and O–H groups in total. The fourth-order valence-electron chi connectivity index (χ4n) is 2.03. The third-order valence-electron chi connectivity index (χ3n) is 3.06. The van der Waals surface area contributed by atoms with Crippen molar-refractivity contribution in [2.45, 2.75) is 6.54 Å². The minimum Gasteiger partial charge on any atom is -0.507 e. The Hall–Kier alpha value is -2.40. The molecule has 0 bridgehead atoms. The third kappa shape index (κ3) is 3.79. The molecule has 0 fully saturated rings. The van der Waals surface area contributed by atoms with Gasteiger partial charge in [-0.15, -0.1) is 0 Å². The minimum absolute atomic E-state index is 0.0146. The van der Waals surface area contributed by atoms with Gasteiger partial charge in [-0.25, -0.2) is 4.39 Å². The number of amides is 1. The van der Waals surface area contributed by atoms with Crippen molar-refractivity contribution in [1.29, 1.82) is 0 Å². The van der Waals surface area contributed by atoms with Gasteiger partial charge in [-0.3, -0.25) is 4.79 Å². The highest BCUT2D eigenvalue weighted by Gasteiger charge is 2.19. The minimum atomic E-state index is -0.610. The first-order valence-electron chi connectivity index (χ1n) is 6.54. The van der Waals surface area contributed by atoms with Gasteiger partial charge in [-0.05, 0) is 17.7 Å². The number of aliphatic hydroxyl groups excluding tert-OH is 1. The first kappa shape index (κ1) is 15.0. The molecule has 2 rings (SSSR count). The molecule has 2 aromatic carbocycles. The SMILES string of the molecule is O=C(c1ccc(F)cc1O)N(CCO)Cc1ccccc1. The van der Waals surface area contributed by atoms with E-state index in [1.54, 1.807) is 0 Å². The fourth-order valence-corrected chi connectivity index (χ4v) is 2.03. The van der Waals surface area contributed by atoms with Gasteiger partial charge < -0.3 is 15.1 Å². The van der Waals surface area contributed by atoms with Crippen LogP contribution in [0.15, 0.2) is 48.5 Å². The van der Waals surface area contributed by atoms with Gasteiger partial charge in [0, 0.05) is 19.2 Å². The zero-order valence-electron chi connectivity index (χ0n) is 11.4. The molecule has 0 unspecified atom stereocenters. The number of phenols is 1. The van der Waals surface area contributed by atoms with Crippen LogP contribution in [-0.4, -0.2) is 34.2 Å². The van der Waals surface area contributed by atoms with Crippen molar-refractivity contribution >= 4 is 5.91 Å². The Labute approximate surface area is 122 Å². The van der Waals surface area contributed by atoms with Gasteiger partial charge in [0.1, 0.15) is 11.6 Å². The summed E-state index contributed by atoms with van der Waals surface area (Å²) in [6, 6.07) is 12.6. The summed E-state index contributed by atoms with van der Waals surface area (Å²) >= 11 is 0. The topological polar surface area (TPSA) is 60.8 Å². The Kier molecular flexibility index (Phi) is 4.90. The number of hydrogen-bond donors (Lipinski definition) is 2. The average Bonchev–Trinajstić information content (AvgIpc) is 2.47. The Morgan fingerprint density at radius 3 is 2.48 bits per heavy atom. The van der Waals surface area contributed by atoms with Crippen molar-refractivity contribution in [3.8, 4) is 5.75 Å². The van der Waals surface area contributed by atoms with E-state index in [1.165, 1.54) is 11.0 Å². The van der Waals surface area contributed by atoms with E-state index >= 15 is 0 Å². The summed E-state index contributed by atoms with van der Waals surface area (Å²) in [6.45, 7) is 0.238. The van der Waals surface area contributed by atoms with E-state index in [0.717, 1.165) is 17.7 Å². The highest BCUT2D eigenvalue weighted by molar-refractivity contribution is 5.96. The smallest absolute Gasteiger partial charge is 0.257 e. The van der Waals surface area contributed by atoms with E-state index in [2.05, 4.69) is 0 Å². The van der Waals surface area contributed by atoms with Crippen molar-refractivity contribution in [2.75, 3.05) is 13.2 Å². The molecule has 1 amide bonds. The van der Waals surface area contributed by atoms with Gasteiger partial charge in [0.15, 0.2) is 0 Å². The standard InChI is InChI=1S/C16H16FNO3/c17-13-6-7-14(15(20)10-13)16(21)18(8-9-19)11-12-4-2-1-3-5-12/h1-7,10,19-20H,8-9,11H2. The lowest BCUT2D eigenvalue weighted by molar-refractivity contribution is 0.0704. The van der Waals surface area contributed by atoms with Crippen LogP contribution >= 0.6 is 0 Å². The molecule has 0 aliphatic rings. The Morgan fingerprint density at radius 2 is 1.86 bits per heavy atom. The molecule has 110 valence electrons. The summed E-state index contributed by atoms with van der Waals surface area (Å²) in [5, 5.41) is 18.8. The Bertz CT molecular complexity index is 616. The van der Waals surface area contributed by atoms with Crippen molar-refractivity contribution in [2.24, 2.45) is 0 Å². The van der Waals surface area contributed by atoms with Crippen LogP contribution in [0, 0.1) is 5.82 Å². The molecule has 2 aromatic rings. The van der Waals surface area contributed by atoms with Crippen LogP contribution in [0.3, 0.4) is 0 Å². The van der Waals surface area contributed by atoms with Crippen molar-refractivity contribution in [1.82, 2.24) is 4.90 Å². The van der Waals surface area contributed by atoms with Gasteiger partial charge in [-0.1, -0.05) is 30.3 Å². The second kappa shape index (κ2) is 6.85. The number of nitrogens with zero attached hydrogens (tertiary/aromatic N) is 1. The number of halogens is 1. The molecule has 0 saturated carbocycles. The Morgan fingerprint density at radius 1 is 1.14 bits per heavy atom. The zero-order chi connectivity index (χ0) is 15.2. The molecule has 4 nitrogen and oxygen atoms in total. The maximum absolute atomic E-state index is 13.0. The number of rotatable bonds is 5. The molecule has 21 heavy (non-hydrogen) atoms. The van der Waals surface area contributed by atoms with E-state index in [-0.39, 0.29) is 18.7 Å². The quantitative estimate of drug-likeness (QED) is 0.886. The molecular formula is C16H16FNO3. The van der Waals surface area contributed by atoms with Gasteiger partial charge in [-0.2, -0.15) is 0 Å². The van der Waals surface area contributed by atoms with E-state index in [9.17, 15) is 14.3 Å². The summed E-state index contributed by atoms with van der Waals surface area (Å²) in [6.07, 6.45) is 0. The number of benzene rings is 2. The molecule has 0 radical (unpaired) electrons. The summed E-state index contributed by atoms with van der Waals surface area (Å²) in [5.41, 5.74) is 0.918. The zero-order valence-corrected chi connectivity index (χ0v) is 11.4. The summed E-state index contributed by atoms with van der Waals surface area (Å²) in [4.78, 5) is 13.8. The van der Waals surface area contributed by atoms with Crippen molar-refractivity contribution < 1.29 is 19.4 Å². The number of aromatic hydroxyl groups is 1. The largest absolute Gasteiger partial charge is 0.507 e. The van der Waals surface area contributed by atoms with Gasteiger partial charge in [0.2, 0.25) is 0 Å². The normalized spacial score (nSPS) is 10.4. The third-order valence-corrected chi connectivity index (χ3v) is 3.06. The molecule has 0 atom stereocenters. The summed E-state index contributed by atoms with van der Waals surface area (Å²) in [5.74, 6) is -1.47. The fraction of sp³-hybridized carbons (Fsp3) is 0.188. The van der Waals surface area contributed by atoms with Gasteiger partial charge >= 0.3 is 0 Å². The number of phenolic OH excluding ortho intramolecular Hbond substituents is 1. The Balaban J connectivity index is 2.23. The number of aliphatic hydroxyl groups is 1. The highest BCUT2D eigenvalue weighted by Crippen LogP contribution is 2.20. The van der Waals surface area contributed by atoms with Crippen LogP contribution in [0.1, 0.15) is 15.9 Å². The van der Waals surface area contributed by atoms with Crippen molar-refractivity contribution in [3.05, 3.63) is 65.5 Å². The van der Waals surface area contributed by atoms with Crippen LogP contribution in [0.25, 0.3) is 0 Å². The van der Waals surface area contributed by atoms with Crippen LogP contribution in [0.4, 0.5) is 4.39 Å². The first-order chi connectivity index (χ1) is 10.1. The average molecular weight is 289 g/mol. The molecular weight excluding hydrogens is 273 g/mol. The predicted molar refractivity (Wildman–Crippen MR) is 76.3 cm³/mol. The predicted octanol–water partition coefficient (Wildman–Crippen LogP) is 2.17. The molecule has 0 aliphatic carbocycles. The molecule has 5 heteroatoms. The maximum Gasteiger partial charge on any atom is 0.257 e. The van der Waals surface area contributed by atoms with E-state index in [1.807, 2.05) is 30.3 Å². The van der Waals surface area contributed by atoms with Gasteiger partial charge in [0.25, 0.3) is 5.91 Å². The van der Waals surface area contributed by atoms with E-state index in [0.29, 0.717) is 6.54 Å². The monoisotopic (exact) mass is 289 g/mol. The highest BCUT2D eigenvalue weighted by atomic mass is 19.1. The lowest BCUT2D eigenvalue weighted by Crippen LogP contribution is -2.33. The first-order valence-corrected chi connectivity index (χ1v) is 6.54. The molecule has 0 aromatic heterocycles. The lowest BCUT2D eigenvalue weighted by atomic mass is 10.1. The van der Waals surface area contributed by atoms with Crippen LogP contribution < -0.4 is 0 Å². The van der Waals surface area contributed by atoms with E-state index in [4.69, 9.17) is 5.11 Å².